The number of alkyl halides is 3. The van der Waals surface area contributed by atoms with E-state index >= 15 is 0 Å². The second-order valence-electron chi connectivity index (χ2n) is 3.44. The molecule has 0 radical (unpaired) electrons. The third-order valence-corrected chi connectivity index (χ3v) is 2.86. The highest BCUT2D eigenvalue weighted by Crippen LogP contribution is 2.31. The van der Waals surface area contributed by atoms with E-state index in [1.807, 2.05) is 36.4 Å². The van der Waals surface area contributed by atoms with Crippen LogP contribution in [0.4, 0.5) is 0 Å². The van der Waals surface area contributed by atoms with Crippen molar-refractivity contribution < 1.29 is 4.79 Å². The van der Waals surface area contributed by atoms with Crippen molar-refractivity contribution in [3.8, 4) is 0 Å². The monoisotopic (exact) mass is 275 g/mol. The average molecular weight is 277 g/mol. The van der Waals surface area contributed by atoms with Crippen LogP contribution in [0.15, 0.2) is 30.3 Å². The zero-order chi connectivity index (χ0) is 11.8. The summed E-state index contributed by atoms with van der Waals surface area (Å²) in [6.45, 7) is 0. The predicted molar refractivity (Wildman–Crippen MR) is 66.6 cm³/mol. The summed E-state index contributed by atoms with van der Waals surface area (Å²) in [6.07, 6.45) is 3.79. The molecule has 1 aliphatic rings. The van der Waals surface area contributed by atoms with Crippen LogP contribution in [0.25, 0.3) is 6.08 Å². The van der Waals surface area contributed by atoms with Crippen LogP contribution >= 0.6 is 34.8 Å². The van der Waals surface area contributed by atoms with Gasteiger partial charge >= 0.3 is 0 Å². The number of amides is 1. The van der Waals surface area contributed by atoms with Gasteiger partial charge in [-0.3, -0.25) is 4.79 Å². The molecule has 0 bridgehead atoms. The molecule has 1 aromatic rings. The first kappa shape index (κ1) is 11.8. The van der Waals surface area contributed by atoms with E-state index in [1.165, 1.54) is 0 Å². The Balaban J connectivity index is 2.16. The third kappa shape index (κ3) is 2.34. The number of halogens is 3. The van der Waals surface area contributed by atoms with E-state index in [2.05, 4.69) is 5.32 Å². The maximum absolute atomic E-state index is 11.5. The number of hydrogen-bond acceptors (Lipinski definition) is 1. The van der Waals surface area contributed by atoms with Gasteiger partial charge in [-0.05, 0) is 11.1 Å². The number of carbonyl (C=O) groups is 1. The van der Waals surface area contributed by atoms with E-state index in [0.29, 0.717) is 0 Å². The first-order chi connectivity index (χ1) is 7.48. The molecule has 0 saturated heterocycles. The molecular formula is C11H8Cl3NO. The Morgan fingerprint density at radius 2 is 1.94 bits per heavy atom. The lowest BCUT2D eigenvalue weighted by Crippen LogP contribution is -2.36. The minimum absolute atomic E-state index is 0.223. The van der Waals surface area contributed by atoms with Crippen molar-refractivity contribution in [3.05, 3.63) is 41.5 Å². The Morgan fingerprint density at radius 1 is 1.25 bits per heavy atom. The normalized spacial score (nSPS) is 18.3. The fraction of sp³-hybridized carbons (Fsp3) is 0.182. The topological polar surface area (TPSA) is 29.1 Å². The molecule has 0 saturated carbocycles. The summed E-state index contributed by atoms with van der Waals surface area (Å²) in [5, 5.41) is 2.65. The molecule has 1 atom stereocenters. The van der Waals surface area contributed by atoms with Gasteiger partial charge in [0.1, 0.15) is 0 Å². The van der Waals surface area contributed by atoms with Crippen LogP contribution in [0.3, 0.4) is 0 Å². The minimum Gasteiger partial charge on any atom is -0.342 e. The number of rotatable bonds is 1. The number of fused-ring (bicyclic) bond motifs is 1. The van der Waals surface area contributed by atoms with Crippen LogP contribution in [0.1, 0.15) is 17.2 Å². The second-order valence-corrected chi connectivity index (χ2v) is 5.72. The minimum atomic E-state index is -1.93. The summed E-state index contributed by atoms with van der Waals surface area (Å²) in [4.78, 5) is 11.5. The molecular weight excluding hydrogens is 268 g/mol. The number of nitrogens with one attached hydrogen (secondary N) is 1. The summed E-state index contributed by atoms with van der Waals surface area (Å²) in [7, 11) is 0. The van der Waals surface area contributed by atoms with Crippen molar-refractivity contribution in [2.24, 2.45) is 0 Å². The Labute approximate surface area is 108 Å². The zero-order valence-electron chi connectivity index (χ0n) is 8.08. The molecule has 0 spiro atoms. The maximum atomic E-state index is 11.5. The Morgan fingerprint density at radius 3 is 2.62 bits per heavy atom. The van der Waals surface area contributed by atoms with Crippen molar-refractivity contribution in [2.45, 2.75) is 9.83 Å². The van der Waals surface area contributed by atoms with Gasteiger partial charge in [-0.15, -0.1) is 0 Å². The predicted octanol–water partition coefficient (Wildman–Crippen LogP) is 3.24. The Kier molecular flexibility index (Phi) is 3.15. The average Bonchev–Trinajstić information content (AvgIpc) is 2.61. The summed E-state index contributed by atoms with van der Waals surface area (Å²) in [6, 6.07) is 7.51. The lowest BCUT2D eigenvalue weighted by atomic mass is 10.1. The largest absolute Gasteiger partial charge is 0.342 e. The summed E-state index contributed by atoms with van der Waals surface area (Å²) in [5.41, 5.74) is 2.07. The highest BCUT2D eigenvalue weighted by molar-refractivity contribution is 6.76. The van der Waals surface area contributed by atoms with Gasteiger partial charge in [0.2, 0.25) is 0 Å². The van der Waals surface area contributed by atoms with Crippen molar-refractivity contribution in [3.63, 3.8) is 0 Å². The van der Waals surface area contributed by atoms with Crippen molar-refractivity contribution >= 4 is 46.8 Å². The highest BCUT2D eigenvalue weighted by Gasteiger charge is 2.32. The fourth-order valence-electron chi connectivity index (χ4n) is 1.60. The van der Waals surface area contributed by atoms with E-state index in [-0.39, 0.29) is 6.04 Å². The first-order valence-electron chi connectivity index (χ1n) is 4.63. The smallest absolute Gasteiger partial charge is 0.272 e. The van der Waals surface area contributed by atoms with Crippen LogP contribution < -0.4 is 5.32 Å². The summed E-state index contributed by atoms with van der Waals surface area (Å²) in [5.74, 6) is -0.621. The molecule has 1 aliphatic carbocycles. The number of carbonyl (C=O) groups excluding carboxylic acids is 1. The van der Waals surface area contributed by atoms with Gasteiger partial charge in [-0.2, -0.15) is 0 Å². The molecule has 2 nitrogen and oxygen atoms in total. The van der Waals surface area contributed by atoms with Crippen LogP contribution in [0, 0.1) is 0 Å². The van der Waals surface area contributed by atoms with Crippen molar-refractivity contribution in [1.29, 1.82) is 0 Å². The van der Waals surface area contributed by atoms with Gasteiger partial charge in [0, 0.05) is 0 Å². The molecule has 5 heteroatoms. The van der Waals surface area contributed by atoms with Gasteiger partial charge in [0.25, 0.3) is 9.70 Å². The maximum Gasteiger partial charge on any atom is 0.272 e. The van der Waals surface area contributed by atoms with Gasteiger partial charge in [0.15, 0.2) is 0 Å². The molecule has 0 heterocycles. The molecule has 16 heavy (non-hydrogen) atoms. The molecule has 0 fully saturated rings. The SMILES string of the molecule is O=C(NC1C=Cc2ccccc21)C(Cl)(Cl)Cl. The summed E-state index contributed by atoms with van der Waals surface area (Å²) < 4.78 is -1.93. The van der Waals surface area contributed by atoms with Gasteiger partial charge in [0.05, 0.1) is 6.04 Å². The van der Waals surface area contributed by atoms with Crippen LogP contribution in [-0.4, -0.2) is 9.70 Å². The zero-order valence-corrected chi connectivity index (χ0v) is 10.4. The van der Waals surface area contributed by atoms with Crippen LogP contribution in [-0.2, 0) is 4.79 Å². The molecule has 1 amide bonds. The van der Waals surface area contributed by atoms with E-state index < -0.39 is 9.70 Å². The fourth-order valence-corrected chi connectivity index (χ4v) is 1.76. The van der Waals surface area contributed by atoms with Gasteiger partial charge < -0.3 is 5.32 Å². The van der Waals surface area contributed by atoms with Gasteiger partial charge in [-0.25, -0.2) is 0 Å². The third-order valence-electron chi connectivity index (χ3n) is 2.34. The number of hydrogen-bond donors (Lipinski definition) is 1. The molecule has 1 unspecified atom stereocenters. The quantitative estimate of drug-likeness (QED) is 0.784. The number of benzene rings is 1. The molecule has 0 aromatic heterocycles. The van der Waals surface area contributed by atoms with Crippen molar-refractivity contribution in [2.75, 3.05) is 0 Å². The standard InChI is InChI=1S/C11H8Cl3NO/c12-11(13,14)10(16)15-9-6-5-7-3-1-2-4-8(7)9/h1-6,9H,(H,15,16). The molecule has 2 rings (SSSR count). The molecule has 84 valence electrons. The van der Waals surface area contributed by atoms with Gasteiger partial charge in [-0.1, -0.05) is 71.2 Å². The highest BCUT2D eigenvalue weighted by atomic mass is 35.6. The lowest BCUT2D eigenvalue weighted by molar-refractivity contribution is -0.120. The molecule has 0 aliphatic heterocycles. The van der Waals surface area contributed by atoms with Crippen LogP contribution in [0.2, 0.25) is 0 Å². The molecule has 1 N–H and O–H groups in total. The van der Waals surface area contributed by atoms with E-state index in [0.717, 1.165) is 11.1 Å². The molecule has 1 aromatic carbocycles. The van der Waals surface area contributed by atoms with E-state index in [4.69, 9.17) is 34.8 Å². The van der Waals surface area contributed by atoms with Crippen LogP contribution in [0.5, 0.6) is 0 Å². The van der Waals surface area contributed by atoms with Crippen molar-refractivity contribution in [1.82, 2.24) is 5.32 Å². The first-order valence-corrected chi connectivity index (χ1v) is 5.77. The second kappa shape index (κ2) is 4.28. The Hall–Kier alpha value is -0.700. The lowest BCUT2D eigenvalue weighted by Gasteiger charge is -2.16. The summed E-state index contributed by atoms with van der Waals surface area (Å²) >= 11 is 16.5. The van der Waals surface area contributed by atoms with E-state index in [1.54, 1.807) is 0 Å². The Bertz CT molecular complexity index is 451. The van der Waals surface area contributed by atoms with E-state index in [9.17, 15) is 4.79 Å².